The molecule has 0 amide bonds. The summed E-state index contributed by atoms with van der Waals surface area (Å²) < 4.78 is 6.27. The highest BCUT2D eigenvalue weighted by molar-refractivity contribution is 5.54. The van der Waals surface area contributed by atoms with E-state index in [-0.39, 0.29) is 11.5 Å². The average molecular weight is 237 g/mol. The molecular weight excluding hydrogens is 226 g/mol. The minimum Gasteiger partial charge on any atom is -0.361 e. The van der Waals surface area contributed by atoms with Gasteiger partial charge in [0.15, 0.2) is 0 Å². The number of anilines is 1. The standard InChI is InChI=1S/C9H11N5O3/c1-6-3-7(12-17-6)4-10-9-8(14(15)16)5-13(2)11-9/h3,5H,4H2,1-2H3,(H,10,11). The summed E-state index contributed by atoms with van der Waals surface area (Å²) in [5.74, 6) is 0.912. The molecule has 0 radical (unpaired) electrons. The van der Waals surface area contributed by atoms with Crippen molar-refractivity contribution in [2.75, 3.05) is 5.32 Å². The smallest absolute Gasteiger partial charge is 0.330 e. The fourth-order valence-electron chi connectivity index (χ4n) is 1.41. The molecule has 0 atom stereocenters. The minimum atomic E-state index is -0.483. The van der Waals surface area contributed by atoms with Crippen molar-refractivity contribution < 1.29 is 9.45 Å². The van der Waals surface area contributed by atoms with Gasteiger partial charge >= 0.3 is 5.69 Å². The maximum absolute atomic E-state index is 10.7. The van der Waals surface area contributed by atoms with Crippen molar-refractivity contribution in [2.45, 2.75) is 13.5 Å². The van der Waals surface area contributed by atoms with Gasteiger partial charge in [0.25, 0.3) is 0 Å². The Hall–Kier alpha value is -2.38. The molecule has 0 aromatic carbocycles. The number of hydrogen-bond donors (Lipinski definition) is 1. The number of nitrogens with zero attached hydrogens (tertiary/aromatic N) is 4. The molecule has 0 aliphatic rings. The van der Waals surface area contributed by atoms with Crippen molar-refractivity contribution in [3.05, 3.63) is 33.8 Å². The predicted molar refractivity (Wildman–Crippen MR) is 58.4 cm³/mol. The van der Waals surface area contributed by atoms with Gasteiger partial charge in [-0.15, -0.1) is 5.10 Å². The SMILES string of the molecule is Cc1cc(CNc2nn(C)cc2[N+](=O)[O-])no1. The highest BCUT2D eigenvalue weighted by atomic mass is 16.6. The van der Waals surface area contributed by atoms with E-state index in [2.05, 4.69) is 15.6 Å². The largest absolute Gasteiger partial charge is 0.361 e. The Bertz CT molecular complexity index is 545. The Morgan fingerprint density at radius 2 is 2.41 bits per heavy atom. The summed E-state index contributed by atoms with van der Waals surface area (Å²) in [5.41, 5.74) is 0.607. The molecule has 90 valence electrons. The number of nitrogens with one attached hydrogen (secondary N) is 1. The topological polar surface area (TPSA) is 99.0 Å². The third-order valence-electron chi connectivity index (χ3n) is 2.12. The van der Waals surface area contributed by atoms with Crippen molar-refractivity contribution in [3.63, 3.8) is 0 Å². The van der Waals surface area contributed by atoms with E-state index in [4.69, 9.17) is 4.52 Å². The van der Waals surface area contributed by atoms with E-state index >= 15 is 0 Å². The van der Waals surface area contributed by atoms with Crippen molar-refractivity contribution in [1.82, 2.24) is 14.9 Å². The molecule has 2 aromatic heterocycles. The van der Waals surface area contributed by atoms with E-state index in [1.807, 2.05) is 0 Å². The molecule has 0 aliphatic carbocycles. The van der Waals surface area contributed by atoms with Crippen LogP contribution in [0, 0.1) is 17.0 Å². The molecule has 0 aliphatic heterocycles. The van der Waals surface area contributed by atoms with Crippen LogP contribution in [0.25, 0.3) is 0 Å². The summed E-state index contributed by atoms with van der Waals surface area (Å²) in [5, 5.41) is 21.3. The summed E-state index contributed by atoms with van der Waals surface area (Å²) in [6, 6.07) is 1.75. The normalized spacial score (nSPS) is 10.5. The van der Waals surface area contributed by atoms with Crippen LogP contribution < -0.4 is 5.32 Å². The third kappa shape index (κ3) is 2.41. The highest BCUT2D eigenvalue weighted by Crippen LogP contribution is 2.21. The van der Waals surface area contributed by atoms with Gasteiger partial charge in [-0.1, -0.05) is 5.16 Å². The monoisotopic (exact) mass is 237 g/mol. The molecule has 0 spiro atoms. The third-order valence-corrected chi connectivity index (χ3v) is 2.12. The van der Waals surface area contributed by atoms with Crippen LogP contribution in [0.3, 0.4) is 0 Å². The van der Waals surface area contributed by atoms with Crippen LogP contribution >= 0.6 is 0 Å². The highest BCUT2D eigenvalue weighted by Gasteiger charge is 2.18. The summed E-state index contributed by atoms with van der Waals surface area (Å²) in [4.78, 5) is 10.2. The van der Waals surface area contributed by atoms with Crippen LogP contribution in [-0.4, -0.2) is 19.9 Å². The molecule has 17 heavy (non-hydrogen) atoms. The number of hydrogen-bond acceptors (Lipinski definition) is 6. The van der Waals surface area contributed by atoms with Gasteiger partial charge in [0.2, 0.25) is 5.82 Å². The first-order valence-electron chi connectivity index (χ1n) is 4.90. The summed E-state index contributed by atoms with van der Waals surface area (Å²) in [6.07, 6.45) is 1.34. The lowest BCUT2D eigenvalue weighted by molar-refractivity contribution is -0.384. The molecule has 0 saturated carbocycles. The van der Waals surface area contributed by atoms with E-state index in [1.54, 1.807) is 20.0 Å². The number of aryl methyl sites for hydroxylation is 2. The Labute approximate surface area is 96.4 Å². The van der Waals surface area contributed by atoms with Crippen LogP contribution in [-0.2, 0) is 13.6 Å². The zero-order valence-corrected chi connectivity index (χ0v) is 9.38. The molecule has 8 heteroatoms. The molecule has 2 aromatic rings. The molecule has 1 N–H and O–H groups in total. The first kappa shape index (κ1) is 11.1. The fourth-order valence-corrected chi connectivity index (χ4v) is 1.41. The van der Waals surface area contributed by atoms with E-state index in [1.165, 1.54) is 10.9 Å². The zero-order valence-electron chi connectivity index (χ0n) is 9.38. The van der Waals surface area contributed by atoms with Crippen LogP contribution in [0.1, 0.15) is 11.5 Å². The van der Waals surface area contributed by atoms with Crippen molar-refractivity contribution in [1.29, 1.82) is 0 Å². The molecule has 2 heterocycles. The second-order valence-corrected chi connectivity index (χ2v) is 3.58. The maximum Gasteiger partial charge on any atom is 0.330 e. The Morgan fingerprint density at radius 1 is 1.65 bits per heavy atom. The van der Waals surface area contributed by atoms with Crippen molar-refractivity contribution in [2.24, 2.45) is 7.05 Å². The number of aromatic nitrogens is 3. The molecule has 0 bridgehead atoms. The summed E-state index contributed by atoms with van der Waals surface area (Å²) >= 11 is 0. The van der Waals surface area contributed by atoms with Gasteiger partial charge in [0.1, 0.15) is 17.7 Å². The van der Waals surface area contributed by atoms with E-state index in [0.29, 0.717) is 18.0 Å². The Balaban J connectivity index is 2.11. The molecule has 2 rings (SSSR count). The van der Waals surface area contributed by atoms with Gasteiger partial charge in [0, 0.05) is 13.1 Å². The molecular formula is C9H11N5O3. The lowest BCUT2D eigenvalue weighted by Crippen LogP contribution is -2.02. The Morgan fingerprint density at radius 3 is 3.00 bits per heavy atom. The fraction of sp³-hybridized carbons (Fsp3) is 0.333. The number of rotatable bonds is 4. The van der Waals surface area contributed by atoms with Gasteiger partial charge < -0.3 is 9.84 Å². The average Bonchev–Trinajstić information content (AvgIpc) is 2.82. The van der Waals surface area contributed by atoms with E-state index in [9.17, 15) is 10.1 Å². The lowest BCUT2D eigenvalue weighted by atomic mass is 10.4. The number of nitro groups is 1. The first-order chi connectivity index (χ1) is 8.06. The minimum absolute atomic E-state index is 0.0623. The predicted octanol–water partition coefficient (Wildman–Crippen LogP) is 1.24. The maximum atomic E-state index is 10.7. The van der Waals surface area contributed by atoms with E-state index < -0.39 is 4.92 Å². The summed E-state index contributed by atoms with van der Waals surface area (Å²) in [6.45, 7) is 2.11. The zero-order chi connectivity index (χ0) is 12.4. The second kappa shape index (κ2) is 4.24. The van der Waals surface area contributed by atoms with Crippen LogP contribution in [0.5, 0.6) is 0 Å². The summed E-state index contributed by atoms with van der Waals surface area (Å²) in [7, 11) is 1.62. The van der Waals surface area contributed by atoms with Gasteiger partial charge in [-0.25, -0.2) is 0 Å². The van der Waals surface area contributed by atoms with Gasteiger partial charge in [0.05, 0.1) is 11.5 Å². The van der Waals surface area contributed by atoms with Crippen molar-refractivity contribution in [3.8, 4) is 0 Å². The van der Waals surface area contributed by atoms with Crippen LogP contribution in [0.2, 0.25) is 0 Å². The van der Waals surface area contributed by atoms with Crippen LogP contribution in [0.4, 0.5) is 11.5 Å². The molecule has 0 unspecified atom stereocenters. The lowest BCUT2D eigenvalue weighted by Gasteiger charge is -1.98. The Kier molecular flexibility index (Phi) is 2.77. The molecule has 0 saturated heterocycles. The van der Waals surface area contributed by atoms with E-state index in [0.717, 1.165) is 0 Å². The quantitative estimate of drug-likeness (QED) is 0.634. The van der Waals surface area contributed by atoms with Crippen molar-refractivity contribution >= 4 is 11.5 Å². The molecule has 8 nitrogen and oxygen atoms in total. The van der Waals surface area contributed by atoms with Gasteiger partial charge in [-0.3, -0.25) is 14.8 Å². The van der Waals surface area contributed by atoms with Gasteiger partial charge in [-0.05, 0) is 6.92 Å². The first-order valence-corrected chi connectivity index (χ1v) is 4.90. The van der Waals surface area contributed by atoms with Crippen LogP contribution in [0.15, 0.2) is 16.8 Å². The second-order valence-electron chi connectivity index (χ2n) is 3.58. The van der Waals surface area contributed by atoms with Gasteiger partial charge in [-0.2, -0.15) is 0 Å². The molecule has 0 fully saturated rings.